The lowest BCUT2D eigenvalue weighted by Crippen LogP contribution is -2.16. The van der Waals surface area contributed by atoms with Crippen LogP contribution in [0.15, 0.2) is 29.4 Å². The van der Waals surface area contributed by atoms with Gasteiger partial charge < -0.3 is 5.11 Å². The van der Waals surface area contributed by atoms with Gasteiger partial charge in [0, 0.05) is 0 Å². The lowest BCUT2D eigenvalue weighted by atomic mass is 10.1. The molecule has 0 atom stereocenters. The van der Waals surface area contributed by atoms with Crippen LogP contribution in [-0.2, 0) is 6.18 Å². The molecule has 0 fully saturated rings. The topological polar surface area (TPSA) is 44.6 Å². The van der Waals surface area contributed by atoms with Gasteiger partial charge >= 0.3 is 6.18 Å². The van der Waals surface area contributed by atoms with Gasteiger partial charge in [0.2, 0.25) is 0 Å². The van der Waals surface area contributed by atoms with Crippen molar-refractivity contribution < 1.29 is 35.8 Å². The molecule has 0 aromatic heterocycles. The number of hydrogen-bond acceptors (Lipinski definition) is 3. The van der Waals surface area contributed by atoms with Gasteiger partial charge in [-0.1, -0.05) is 12.1 Å². The highest BCUT2D eigenvalue weighted by Crippen LogP contribution is 2.38. The van der Waals surface area contributed by atoms with Crippen molar-refractivity contribution in [2.75, 3.05) is 5.43 Å². The van der Waals surface area contributed by atoms with Crippen LogP contribution in [0.25, 0.3) is 0 Å². The van der Waals surface area contributed by atoms with Crippen molar-refractivity contribution in [3.05, 3.63) is 58.7 Å². The lowest BCUT2D eigenvalue weighted by molar-refractivity contribution is -0.143. The Labute approximate surface area is 130 Å². The highest BCUT2D eigenvalue weighted by Gasteiger charge is 2.42. The molecule has 128 valence electrons. The minimum atomic E-state index is -5.61. The van der Waals surface area contributed by atoms with E-state index in [2.05, 4.69) is 5.10 Å². The number of nitrogens with zero attached hydrogens (tertiary/aromatic N) is 1. The maximum atomic E-state index is 13.6. The Balaban J connectivity index is 2.38. The smallest absolute Gasteiger partial charge is 0.422 e. The van der Waals surface area contributed by atoms with Crippen LogP contribution in [0.3, 0.4) is 0 Å². The Bertz CT molecular complexity index is 773. The largest absolute Gasteiger partial charge is 0.508 e. The van der Waals surface area contributed by atoms with E-state index < -0.39 is 40.7 Å². The van der Waals surface area contributed by atoms with Gasteiger partial charge in [-0.2, -0.15) is 18.3 Å². The summed E-state index contributed by atoms with van der Waals surface area (Å²) >= 11 is 0. The number of rotatable bonds is 3. The molecule has 2 rings (SSSR count). The summed E-state index contributed by atoms with van der Waals surface area (Å²) in [6.45, 7) is 0. The molecular weight excluding hydrogens is 345 g/mol. The van der Waals surface area contributed by atoms with Crippen molar-refractivity contribution in [1.82, 2.24) is 0 Å². The van der Waals surface area contributed by atoms with Crippen molar-refractivity contribution in [2.24, 2.45) is 5.10 Å². The zero-order chi connectivity index (χ0) is 18.1. The minimum absolute atomic E-state index is 0.150. The number of hydrazone groups is 1. The number of phenols is 1. The molecule has 0 saturated heterocycles. The van der Waals surface area contributed by atoms with Crippen LogP contribution in [0, 0.1) is 23.3 Å². The van der Waals surface area contributed by atoms with Gasteiger partial charge in [0.05, 0.1) is 6.21 Å². The van der Waals surface area contributed by atoms with Gasteiger partial charge in [0.1, 0.15) is 17.0 Å². The number of anilines is 1. The zero-order valence-electron chi connectivity index (χ0n) is 11.4. The maximum absolute atomic E-state index is 13.6. The highest BCUT2D eigenvalue weighted by atomic mass is 19.4. The first-order valence-electron chi connectivity index (χ1n) is 6.14. The molecule has 3 nitrogen and oxygen atoms in total. The molecule has 0 spiro atoms. The number of nitrogens with one attached hydrogen (secondary N) is 1. The molecule has 0 heterocycles. The molecule has 0 saturated carbocycles. The van der Waals surface area contributed by atoms with E-state index in [0.717, 1.165) is 6.21 Å². The Hall–Kier alpha value is -2.78. The van der Waals surface area contributed by atoms with Crippen LogP contribution in [0.1, 0.15) is 11.1 Å². The number of phenolic OH excluding ortho intramolecular Hbond substituents is 1. The first-order chi connectivity index (χ1) is 11.1. The quantitative estimate of drug-likeness (QED) is 0.372. The van der Waals surface area contributed by atoms with E-state index >= 15 is 0 Å². The lowest BCUT2D eigenvalue weighted by Gasteiger charge is -2.13. The van der Waals surface area contributed by atoms with E-state index in [0.29, 0.717) is 0 Å². The van der Waals surface area contributed by atoms with Crippen molar-refractivity contribution in [2.45, 2.75) is 6.18 Å². The Morgan fingerprint density at radius 2 is 1.54 bits per heavy atom. The predicted octanol–water partition coefficient (Wildman–Crippen LogP) is 4.41. The van der Waals surface area contributed by atoms with E-state index in [1.807, 2.05) is 0 Å². The Morgan fingerprint density at radius 1 is 0.958 bits per heavy atom. The van der Waals surface area contributed by atoms with Crippen LogP contribution in [-0.4, -0.2) is 11.3 Å². The Kier molecular flexibility index (Phi) is 4.67. The molecule has 24 heavy (non-hydrogen) atoms. The normalized spacial score (nSPS) is 12.0. The monoisotopic (exact) mass is 352 g/mol. The molecular formula is C14H7F7N2O. The first-order valence-corrected chi connectivity index (χ1v) is 6.14. The highest BCUT2D eigenvalue weighted by molar-refractivity contribution is 5.80. The molecule has 10 heteroatoms. The van der Waals surface area contributed by atoms with E-state index in [1.54, 1.807) is 5.43 Å². The second kappa shape index (κ2) is 6.38. The number of hydrogen-bond donors (Lipinski definition) is 2. The van der Waals surface area contributed by atoms with E-state index in [-0.39, 0.29) is 11.3 Å². The molecule has 0 aliphatic heterocycles. The van der Waals surface area contributed by atoms with E-state index in [1.165, 1.54) is 24.3 Å². The third-order valence-corrected chi connectivity index (χ3v) is 2.81. The summed E-state index contributed by atoms with van der Waals surface area (Å²) in [6.07, 6.45) is -4.69. The van der Waals surface area contributed by atoms with Crippen LogP contribution >= 0.6 is 0 Å². The summed E-state index contributed by atoms with van der Waals surface area (Å²) in [6, 6.07) is 5.36. The molecule has 0 amide bonds. The summed E-state index contributed by atoms with van der Waals surface area (Å²) in [5.41, 5.74) is -2.34. The van der Waals surface area contributed by atoms with E-state index in [9.17, 15) is 35.8 Å². The van der Waals surface area contributed by atoms with Crippen molar-refractivity contribution in [3.8, 4) is 5.75 Å². The third-order valence-electron chi connectivity index (χ3n) is 2.81. The van der Waals surface area contributed by atoms with Gasteiger partial charge in [0.25, 0.3) is 0 Å². The van der Waals surface area contributed by atoms with Crippen molar-refractivity contribution >= 4 is 11.9 Å². The molecule has 2 aromatic rings. The average molecular weight is 352 g/mol. The van der Waals surface area contributed by atoms with Crippen LogP contribution in [0.2, 0.25) is 0 Å². The molecule has 2 N–H and O–H groups in total. The van der Waals surface area contributed by atoms with Gasteiger partial charge in [-0.15, -0.1) is 0 Å². The summed E-state index contributed by atoms with van der Waals surface area (Å²) in [4.78, 5) is 0. The van der Waals surface area contributed by atoms with Crippen molar-refractivity contribution in [1.29, 1.82) is 0 Å². The number of alkyl halides is 3. The second-order valence-corrected chi connectivity index (χ2v) is 4.47. The van der Waals surface area contributed by atoms with Gasteiger partial charge in [-0.25, -0.2) is 17.6 Å². The molecule has 0 aliphatic rings. The Morgan fingerprint density at radius 3 is 2.04 bits per heavy atom. The van der Waals surface area contributed by atoms with Gasteiger partial charge in [-0.05, 0) is 17.7 Å². The van der Waals surface area contributed by atoms with Crippen LogP contribution in [0.4, 0.5) is 36.4 Å². The number of benzene rings is 2. The standard InChI is InChI=1S/C14H7F7N2O/c15-9-8(14(19,20)21)10(16)12(18)13(11(9)17)23-22-5-6-2-1-3-7(24)4-6/h1-5,23-24H/b22-5-. The average Bonchev–Trinajstić information content (AvgIpc) is 2.47. The summed E-state index contributed by atoms with van der Waals surface area (Å²) in [5, 5.41) is 12.5. The fourth-order valence-corrected chi connectivity index (χ4v) is 1.76. The maximum Gasteiger partial charge on any atom is 0.422 e. The van der Waals surface area contributed by atoms with E-state index in [4.69, 9.17) is 0 Å². The second-order valence-electron chi connectivity index (χ2n) is 4.47. The fraction of sp³-hybridized carbons (Fsp3) is 0.0714. The molecule has 0 bridgehead atoms. The number of halogens is 7. The molecule has 0 radical (unpaired) electrons. The molecule has 0 aliphatic carbocycles. The minimum Gasteiger partial charge on any atom is -0.508 e. The first kappa shape index (κ1) is 17.6. The summed E-state index contributed by atoms with van der Waals surface area (Å²) in [5.74, 6) is -9.86. The fourth-order valence-electron chi connectivity index (χ4n) is 1.76. The van der Waals surface area contributed by atoms with Crippen molar-refractivity contribution in [3.63, 3.8) is 0 Å². The summed E-state index contributed by atoms with van der Waals surface area (Å²) < 4.78 is 91.2. The van der Waals surface area contributed by atoms with Gasteiger partial charge in [0.15, 0.2) is 23.3 Å². The predicted molar refractivity (Wildman–Crippen MR) is 70.6 cm³/mol. The summed E-state index contributed by atoms with van der Waals surface area (Å²) in [7, 11) is 0. The SMILES string of the molecule is Oc1cccc(/C=N\Nc2c(F)c(F)c(C(F)(F)F)c(F)c2F)c1. The molecule has 0 unspecified atom stereocenters. The number of aromatic hydroxyl groups is 1. The van der Waals surface area contributed by atoms with Crippen LogP contribution in [0.5, 0.6) is 5.75 Å². The zero-order valence-corrected chi connectivity index (χ0v) is 11.4. The van der Waals surface area contributed by atoms with Crippen LogP contribution < -0.4 is 5.43 Å². The van der Waals surface area contributed by atoms with Gasteiger partial charge in [-0.3, -0.25) is 5.43 Å². The third kappa shape index (κ3) is 3.42. The molecule has 2 aromatic carbocycles.